The number of aldehydes is 1. The Morgan fingerprint density at radius 2 is 2.12 bits per heavy atom. The summed E-state index contributed by atoms with van der Waals surface area (Å²) < 4.78 is 2.74. The van der Waals surface area contributed by atoms with Crippen molar-refractivity contribution in [2.75, 3.05) is 0 Å². The summed E-state index contributed by atoms with van der Waals surface area (Å²) in [6, 6.07) is 5.68. The Bertz CT molecular complexity index is 529. The van der Waals surface area contributed by atoms with E-state index in [0.29, 0.717) is 5.69 Å². The molecule has 0 fully saturated rings. The molecule has 0 aliphatic heterocycles. The largest absolute Gasteiger partial charge is 0.296 e. The molecule has 0 aromatic carbocycles. The third-order valence-corrected chi connectivity index (χ3v) is 3.26. The van der Waals surface area contributed by atoms with Crippen LogP contribution in [-0.4, -0.2) is 15.8 Å². The van der Waals surface area contributed by atoms with Crippen LogP contribution in [0.4, 0.5) is 0 Å². The third kappa shape index (κ3) is 1.80. The zero-order valence-electron chi connectivity index (χ0n) is 9.07. The monoisotopic (exact) mass is 278 g/mol. The van der Waals surface area contributed by atoms with E-state index in [9.17, 15) is 4.79 Å². The molecule has 0 amide bonds. The van der Waals surface area contributed by atoms with Crippen LogP contribution < -0.4 is 0 Å². The van der Waals surface area contributed by atoms with Crippen molar-refractivity contribution in [3.05, 3.63) is 45.8 Å². The Labute approximate surface area is 102 Å². The van der Waals surface area contributed by atoms with Gasteiger partial charge in [-0.15, -0.1) is 0 Å². The highest BCUT2D eigenvalue weighted by Crippen LogP contribution is 2.23. The summed E-state index contributed by atoms with van der Waals surface area (Å²) in [5, 5.41) is 0. The Kier molecular flexibility index (Phi) is 2.92. The molecular formula is C12H11BrN2O. The van der Waals surface area contributed by atoms with Crippen LogP contribution >= 0.6 is 15.9 Å². The molecule has 4 heteroatoms. The van der Waals surface area contributed by atoms with Gasteiger partial charge in [0.25, 0.3) is 0 Å². The normalized spacial score (nSPS) is 10.4. The first-order chi connectivity index (χ1) is 7.63. The maximum Gasteiger partial charge on any atom is 0.166 e. The molecule has 3 nitrogen and oxygen atoms in total. The molecule has 0 saturated carbocycles. The van der Waals surface area contributed by atoms with Crippen molar-refractivity contribution < 1.29 is 4.79 Å². The van der Waals surface area contributed by atoms with Crippen LogP contribution in [-0.2, 0) is 0 Å². The number of rotatable bonds is 2. The highest BCUT2D eigenvalue weighted by molar-refractivity contribution is 9.10. The van der Waals surface area contributed by atoms with Gasteiger partial charge < -0.3 is 0 Å². The molecule has 2 heterocycles. The first-order valence-corrected chi connectivity index (χ1v) is 5.69. The van der Waals surface area contributed by atoms with Gasteiger partial charge >= 0.3 is 0 Å². The number of aromatic nitrogens is 2. The van der Waals surface area contributed by atoms with Crippen LogP contribution in [0.1, 0.15) is 21.7 Å². The van der Waals surface area contributed by atoms with E-state index in [1.54, 1.807) is 12.3 Å². The van der Waals surface area contributed by atoms with Gasteiger partial charge in [0.2, 0.25) is 0 Å². The van der Waals surface area contributed by atoms with E-state index < -0.39 is 0 Å². The number of hydrogen-bond donors (Lipinski definition) is 0. The molecule has 0 aliphatic carbocycles. The van der Waals surface area contributed by atoms with Crippen LogP contribution in [0.5, 0.6) is 0 Å². The molecule has 0 aliphatic rings. The number of aryl methyl sites for hydroxylation is 1. The summed E-state index contributed by atoms with van der Waals surface area (Å²) in [5.74, 6) is 0.760. The molecule has 2 aromatic rings. The van der Waals surface area contributed by atoms with E-state index in [-0.39, 0.29) is 0 Å². The van der Waals surface area contributed by atoms with Crippen molar-refractivity contribution >= 4 is 22.2 Å². The van der Waals surface area contributed by atoms with Gasteiger partial charge in [0, 0.05) is 16.4 Å². The van der Waals surface area contributed by atoms with Crippen molar-refractivity contribution in [1.29, 1.82) is 0 Å². The highest BCUT2D eigenvalue weighted by Gasteiger charge is 2.11. The molecule has 0 atom stereocenters. The SMILES string of the molecule is Cc1ccc(-n2c(C=O)cc(Br)c2C)nc1. The summed E-state index contributed by atoms with van der Waals surface area (Å²) >= 11 is 3.41. The van der Waals surface area contributed by atoms with Crippen molar-refractivity contribution in [1.82, 2.24) is 9.55 Å². The average Bonchev–Trinajstić information content (AvgIpc) is 2.57. The van der Waals surface area contributed by atoms with Gasteiger partial charge in [-0.25, -0.2) is 4.98 Å². The quantitative estimate of drug-likeness (QED) is 0.792. The zero-order chi connectivity index (χ0) is 11.7. The lowest BCUT2D eigenvalue weighted by atomic mass is 10.3. The van der Waals surface area contributed by atoms with Gasteiger partial charge in [0.1, 0.15) is 5.82 Å². The minimum atomic E-state index is 0.598. The van der Waals surface area contributed by atoms with E-state index >= 15 is 0 Å². The van der Waals surface area contributed by atoms with E-state index in [1.807, 2.05) is 30.5 Å². The van der Waals surface area contributed by atoms with Crippen LogP contribution in [0.15, 0.2) is 28.9 Å². The smallest absolute Gasteiger partial charge is 0.166 e. The van der Waals surface area contributed by atoms with Crippen LogP contribution in [0.25, 0.3) is 5.82 Å². The Hall–Kier alpha value is -1.42. The molecule has 0 unspecified atom stereocenters. The van der Waals surface area contributed by atoms with Crippen LogP contribution in [0.3, 0.4) is 0 Å². The number of carbonyl (C=O) groups is 1. The molecular weight excluding hydrogens is 268 g/mol. The number of halogens is 1. The predicted molar refractivity (Wildman–Crippen MR) is 66.1 cm³/mol. The Morgan fingerprint density at radius 3 is 2.69 bits per heavy atom. The maximum atomic E-state index is 11.0. The second-order valence-electron chi connectivity index (χ2n) is 3.65. The van der Waals surface area contributed by atoms with Crippen molar-refractivity contribution in [2.24, 2.45) is 0 Å². The molecule has 0 saturated heterocycles. The summed E-state index contributed by atoms with van der Waals surface area (Å²) in [6.45, 7) is 3.93. The van der Waals surface area contributed by atoms with E-state index in [0.717, 1.165) is 27.8 Å². The Morgan fingerprint density at radius 1 is 1.38 bits per heavy atom. The van der Waals surface area contributed by atoms with Gasteiger partial charge in [-0.1, -0.05) is 6.07 Å². The maximum absolute atomic E-state index is 11.0. The van der Waals surface area contributed by atoms with Crippen molar-refractivity contribution in [3.8, 4) is 5.82 Å². The lowest BCUT2D eigenvalue weighted by molar-refractivity contribution is 0.111. The van der Waals surface area contributed by atoms with Crippen molar-refractivity contribution in [3.63, 3.8) is 0 Å². The summed E-state index contributed by atoms with van der Waals surface area (Å²) in [7, 11) is 0. The first-order valence-electron chi connectivity index (χ1n) is 4.89. The van der Waals surface area contributed by atoms with Gasteiger partial charge in [0.05, 0.1) is 5.69 Å². The fourth-order valence-electron chi connectivity index (χ4n) is 1.58. The van der Waals surface area contributed by atoms with Gasteiger partial charge in [-0.3, -0.25) is 9.36 Å². The van der Waals surface area contributed by atoms with E-state index in [2.05, 4.69) is 20.9 Å². The summed E-state index contributed by atoms with van der Waals surface area (Å²) in [4.78, 5) is 15.3. The molecule has 16 heavy (non-hydrogen) atoms. The van der Waals surface area contributed by atoms with E-state index in [4.69, 9.17) is 0 Å². The predicted octanol–water partition coefficient (Wildman–Crippen LogP) is 3.06. The lowest BCUT2D eigenvalue weighted by Gasteiger charge is -2.07. The number of nitrogens with zero attached hydrogens (tertiary/aromatic N) is 2. The molecule has 0 N–H and O–H groups in total. The molecule has 0 spiro atoms. The molecule has 0 bridgehead atoms. The summed E-state index contributed by atoms with van der Waals surface area (Å²) in [5.41, 5.74) is 2.67. The first kappa shape index (κ1) is 11.1. The summed E-state index contributed by atoms with van der Waals surface area (Å²) in [6.07, 6.45) is 2.62. The lowest BCUT2D eigenvalue weighted by Crippen LogP contribution is -2.03. The Balaban J connectivity index is 2.62. The fourth-order valence-corrected chi connectivity index (χ4v) is 1.99. The topological polar surface area (TPSA) is 34.9 Å². The second-order valence-corrected chi connectivity index (χ2v) is 4.50. The van der Waals surface area contributed by atoms with Crippen LogP contribution in [0.2, 0.25) is 0 Å². The molecule has 82 valence electrons. The molecule has 2 aromatic heterocycles. The minimum Gasteiger partial charge on any atom is -0.296 e. The second kappa shape index (κ2) is 4.22. The zero-order valence-corrected chi connectivity index (χ0v) is 10.7. The number of hydrogen-bond acceptors (Lipinski definition) is 2. The third-order valence-electron chi connectivity index (χ3n) is 2.46. The number of carbonyl (C=O) groups excluding carboxylic acids is 1. The van der Waals surface area contributed by atoms with E-state index in [1.165, 1.54) is 0 Å². The van der Waals surface area contributed by atoms with Gasteiger partial charge in [-0.05, 0) is 47.5 Å². The van der Waals surface area contributed by atoms with Crippen LogP contribution in [0, 0.1) is 13.8 Å². The standard InChI is InChI=1S/C12H11BrN2O/c1-8-3-4-12(14-6-8)15-9(2)11(13)5-10(15)7-16/h3-7H,1-2H3. The fraction of sp³-hybridized carbons (Fsp3) is 0.167. The minimum absolute atomic E-state index is 0.598. The van der Waals surface area contributed by atoms with Gasteiger partial charge in [0.15, 0.2) is 6.29 Å². The molecule has 0 radical (unpaired) electrons. The number of pyridine rings is 1. The van der Waals surface area contributed by atoms with Crippen molar-refractivity contribution in [2.45, 2.75) is 13.8 Å². The van der Waals surface area contributed by atoms with Gasteiger partial charge in [-0.2, -0.15) is 0 Å². The molecule has 2 rings (SSSR count). The average molecular weight is 279 g/mol. The highest BCUT2D eigenvalue weighted by atomic mass is 79.9.